The highest BCUT2D eigenvalue weighted by atomic mass is 32.1. The van der Waals surface area contributed by atoms with Crippen LogP contribution in [0.15, 0.2) is 18.2 Å². The number of methoxy groups -OCH3 is 1. The van der Waals surface area contributed by atoms with E-state index in [0.717, 1.165) is 0 Å². The van der Waals surface area contributed by atoms with Gasteiger partial charge in [-0.25, -0.2) is 4.79 Å². The van der Waals surface area contributed by atoms with Crippen molar-refractivity contribution in [2.24, 2.45) is 0 Å². The first kappa shape index (κ1) is 13.8. The van der Waals surface area contributed by atoms with Crippen LogP contribution >= 0.6 is 12.6 Å². The van der Waals surface area contributed by atoms with Crippen LogP contribution in [0.25, 0.3) is 0 Å². The monoisotopic (exact) mass is 258 g/mol. The standard InChI is InChI=1S/C11H14O5S/c1-16-10-6(9(13)8(12)5-17)3-2-4-7(10)11(14)15/h2-4,8-9,12-13,17H,5H2,1H3,(H,14,15). The van der Waals surface area contributed by atoms with Gasteiger partial charge in [-0.1, -0.05) is 12.1 Å². The van der Waals surface area contributed by atoms with Gasteiger partial charge in [0.15, 0.2) is 0 Å². The summed E-state index contributed by atoms with van der Waals surface area (Å²) in [6.45, 7) is 0. The summed E-state index contributed by atoms with van der Waals surface area (Å²) < 4.78 is 4.98. The topological polar surface area (TPSA) is 87.0 Å². The van der Waals surface area contributed by atoms with Gasteiger partial charge >= 0.3 is 5.97 Å². The number of aliphatic hydroxyl groups is 2. The van der Waals surface area contributed by atoms with Crippen molar-refractivity contribution >= 4 is 18.6 Å². The molecule has 17 heavy (non-hydrogen) atoms. The minimum absolute atomic E-state index is 0.0494. The second-order valence-corrected chi connectivity index (χ2v) is 3.79. The molecular weight excluding hydrogens is 244 g/mol. The molecule has 0 amide bonds. The number of para-hydroxylation sites is 1. The fourth-order valence-corrected chi connectivity index (χ4v) is 1.69. The minimum Gasteiger partial charge on any atom is -0.495 e. The molecule has 1 aromatic rings. The molecule has 0 fully saturated rings. The summed E-state index contributed by atoms with van der Waals surface area (Å²) in [6, 6.07) is 4.35. The Morgan fingerprint density at radius 1 is 1.47 bits per heavy atom. The van der Waals surface area contributed by atoms with Gasteiger partial charge in [0.25, 0.3) is 0 Å². The smallest absolute Gasteiger partial charge is 0.339 e. The van der Waals surface area contributed by atoms with E-state index in [1.54, 1.807) is 0 Å². The summed E-state index contributed by atoms with van der Waals surface area (Å²) in [7, 11) is 1.31. The third kappa shape index (κ3) is 2.91. The zero-order chi connectivity index (χ0) is 13.0. The zero-order valence-corrected chi connectivity index (χ0v) is 10.1. The number of carbonyl (C=O) groups is 1. The summed E-state index contributed by atoms with van der Waals surface area (Å²) >= 11 is 3.87. The van der Waals surface area contributed by atoms with Gasteiger partial charge in [0, 0.05) is 11.3 Å². The van der Waals surface area contributed by atoms with Gasteiger partial charge in [-0.15, -0.1) is 0 Å². The number of ether oxygens (including phenoxy) is 1. The Hall–Kier alpha value is -1.24. The van der Waals surface area contributed by atoms with E-state index in [1.165, 1.54) is 25.3 Å². The lowest BCUT2D eigenvalue weighted by molar-refractivity contribution is 0.0320. The van der Waals surface area contributed by atoms with E-state index in [9.17, 15) is 15.0 Å². The van der Waals surface area contributed by atoms with Gasteiger partial charge in [0.1, 0.15) is 17.4 Å². The molecule has 1 rings (SSSR count). The van der Waals surface area contributed by atoms with Gasteiger partial charge in [-0.3, -0.25) is 0 Å². The number of aromatic carboxylic acids is 1. The number of aliphatic hydroxyl groups excluding tert-OH is 2. The van der Waals surface area contributed by atoms with Crippen molar-refractivity contribution in [3.05, 3.63) is 29.3 Å². The Balaban J connectivity index is 3.24. The molecule has 0 aliphatic rings. The van der Waals surface area contributed by atoms with E-state index in [0.29, 0.717) is 0 Å². The van der Waals surface area contributed by atoms with Gasteiger partial charge < -0.3 is 20.1 Å². The summed E-state index contributed by atoms with van der Waals surface area (Å²) in [5.41, 5.74) is 0.171. The maximum atomic E-state index is 11.0. The van der Waals surface area contributed by atoms with Gasteiger partial charge in [-0.05, 0) is 6.07 Å². The first-order chi connectivity index (χ1) is 8.02. The second kappa shape index (κ2) is 5.90. The molecule has 0 heterocycles. The zero-order valence-electron chi connectivity index (χ0n) is 9.20. The van der Waals surface area contributed by atoms with Crippen molar-refractivity contribution in [1.82, 2.24) is 0 Å². The molecule has 0 spiro atoms. The number of benzene rings is 1. The highest BCUT2D eigenvalue weighted by molar-refractivity contribution is 7.80. The molecule has 3 N–H and O–H groups in total. The number of hydrogen-bond acceptors (Lipinski definition) is 5. The van der Waals surface area contributed by atoms with E-state index in [-0.39, 0.29) is 22.6 Å². The fraction of sp³-hybridized carbons (Fsp3) is 0.364. The molecule has 0 aliphatic carbocycles. The molecule has 5 nitrogen and oxygen atoms in total. The predicted molar refractivity (Wildman–Crippen MR) is 64.8 cm³/mol. The summed E-state index contributed by atoms with van der Waals surface area (Å²) in [4.78, 5) is 11.0. The molecule has 6 heteroatoms. The van der Waals surface area contributed by atoms with Crippen LogP contribution in [0.2, 0.25) is 0 Å². The van der Waals surface area contributed by atoms with Crippen LogP contribution in [-0.2, 0) is 0 Å². The van der Waals surface area contributed by atoms with Gasteiger partial charge in [0.2, 0.25) is 0 Å². The molecule has 94 valence electrons. The van der Waals surface area contributed by atoms with Crippen LogP contribution in [0, 0.1) is 0 Å². The van der Waals surface area contributed by atoms with E-state index in [4.69, 9.17) is 9.84 Å². The van der Waals surface area contributed by atoms with Crippen molar-refractivity contribution in [3.8, 4) is 5.75 Å². The highest BCUT2D eigenvalue weighted by Gasteiger charge is 2.24. The average molecular weight is 258 g/mol. The third-order valence-electron chi connectivity index (χ3n) is 2.35. The Kier molecular flexibility index (Phi) is 4.80. The number of thiol groups is 1. The van der Waals surface area contributed by atoms with Crippen LogP contribution in [0.1, 0.15) is 22.0 Å². The molecule has 0 saturated carbocycles. The van der Waals surface area contributed by atoms with Crippen molar-refractivity contribution in [1.29, 1.82) is 0 Å². The van der Waals surface area contributed by atoms with Crippen molar-refractivity contribution < 1.29 is 24.9 Å². The van der Waals surface area contributed by atoms with E-state index in [2.05, 4.69) is 12.6 Å². The lowest BCUT2D eigenvalue weighted by atomic mass is 10.0. The number of carboxylic acids is 1. The first-order valence-electron chi connectivity index (χ1n) is 4.90. The largest absolute Gasteiger partial charge is 0.495 e. The van der Waals surface area contributed by atoms with Crippen molar-refractivity contribution in [3.63, 3.8) is 0 Å². The Morgan fingerprint density at radius 3 is 2.59 bits per heavy atom. The van der Waals surface area contributed by atoms with E-state index in [1.807, 2.05) is 0 Å². The highest BCUT2D eigenvalue weighted by Crippen LogP contribution is 2.31. The van der Waals surface area contributed by atoms with Gasteiger partial charge in [0.05, 0.1) is 13.2 Å². The molecular formula is C11H14O5S. The third-order valence-corrected chi connectivity index (χ3v) is 2.72. The molecule has 2 atom stereocenters. The van der Waals surface area contributed by atoms with Crippen LogP contribution in [-0.4, -0.2) is 40.3 Å². The molecule has 0 radical (unpaired) electrons. The van der Waals surface area contributed by atoms with E-state index < -0.39 is 18.2 Å². The molecule has 1 aromatic carbocycles. The second-order valence-electron chi connectivity index (χ2n) is 3.43. The Bertz CT molecular complexity index is 407. The fourth-order valence-electron chi connectivity index (χ4n) is 1.49. The molecule has 0 bridgehead atoms. The SMILES string of the molecule is COc1c(C(=O)O)cccc1C(O)C(O)CS. The Morgan fingerprint density at radius 2 is 2.12 bits per heavy atom. The van der Waals surface area contributed by atoms with Crippen LogP contribution in [0.5, 0.6) is 5.75 Å². The van der Waals surface area contributed by atoms with Crippen molar-refractivity contribution in [2.75, 3.05) is 12.9 Å². The molecule has 2 unspecified atom stereocenters. The molecule has 0 aromatic heterocycles. The van der Waals surface area contributed by atoms with Crippen molar-refractivity contribution in [2.45, 2.75) is 12.2 Å². The minimum atomic E-state index is -1.23. The van der Waals surface area contributed by atoms with Crippen LogP contribution < -0.4 is 4.74 Å². The molecule has 0 aliphatic heterocycles. The summed E-state index contributed by atoms with van der Waals surface area (Å²) in [5, 5.41) is 28.3. The van der Waals surface area contributed by atoms with Crippen LogP contribution in [0.4, 0.5) is 0 Å². The lowest BCUT2D eigenvalue weighted by Gasteiger charge is -2.19. The molecule has 0 saturated heterocycles. The normalized spacial score (nSPS) is 14.1. The summed E-state index contributed by atoms with van der Waals surface area (Å²) in [5.74, 6) is -1.05. The summed E-state index contributed by atoms with van der Waals surface area (Å²) in [6.07, 6.45) is -2.32. The predicted octanol–water partition coefficient (Wildman–Crippen LogP) is 0.717. The quantitative estimate of drug-likeness (QED) is 0.585. The maximum Gasteiger partial charge on any atom is 0.339 e. The number of carboxylic acid groups (broad SMARTS) is 1. The van der Waals surface area contributed by atoms with Crippen LogP contribution in [0.3, 0.4) is 0 Å². The lowest BCUT2D eigenvalue weighted by Crippen LogP contribution is -2.21. The van der Waals surface area contributed by atoms with E-state index >= 15 is 0 Å². The van der Waals surface area contributed by atoms with Gasteiger partial charge in [-0.2, -0.15) is 12.6 Å². The number of rotatable bonds is 5. The average Bonchev–Trinajstić information content (AvgIpc) is 2.35. The number of hydrogen-bond donors (Lipinski definition) is 4. The Labute approximate surface area is 104 Å². The maximum absolute atomic E-state index is 11.0. The first-order valence-corrected chi connectivity index (χ1v) is 5.53.